The minimum atomic E-state index is -1.43. The van der Waals surface area contributed by atoms with E-state index in [1.165, 1.54) is 0 Å². The Morgan fingerprint density at radius 3 is 2.74 bits per heavy atom. The highest BCUT2D eigenvalue weighted by Gasteiger charge is 2.57. The van der Waals surface area contributed by atoms with Crippen molar-refractivity contribution in [1.29, 1.82) is 0 Å². The van der Waals surface area contributed by atoms with Gasteiger partial charge in [-0.1, -0.05) is 6.42 Å². The lowest BCUT2D eigenvalue weighted by Gasteiger charge is -2.51. The van der Waals surface area contributed by atoms with Crippen LogP contribution in [0.25, 0.3) is 0 Å². The van der Waals surface area contributed by atoms with E-state index in [2.05, 4.69) is 10.2 Å². The lowest BCUT2D eigenvalue weighted by molar-refractivity contribution is -0.190. The van der Waals surface area contributed by atoms with Gasteiger partial charge >= 0.3 is 0 Å². The first-order valence-corrected chi connectivity index (χ1v) is 8.29. The molecule has 7 nitrogen and oxygen atoms in total. The van der Waals surface area contributed by atoms with E-state index in [1.807, 2.05) is 5.94 Å². The van der Waals surface area contributed by atoms with Crippen LogP contribution >= 0.6 is 0 Å². The molecule has 3 aliphatic rings. The van der Waals surface area contributed by atoms with E-state index < -0.39 is 17.7 Å². The third-order valence-electron chi connectivity index (χ3n) is 4.91. The monoisotopic (exact) mass is 320 g/mol. The summed E-state index contributed by atoms with van der Waals surface area (Å²) in [5.41, 5.74) is -1.02. The van der Waals surface area contributed by atoms with Gasteiger partial charge in [-0.3, -0.25) is 14.5 Å². The number of ether oxygens (including phenoxy) is 1. The van der Waals surface area contributed by atoms with Crippen LogP contribution in [0.1, 0.15) is 32.1 Å². The van der Waals surface area contributed by atoms with Gasteiger partial charge in [-0.05, 0) is 25.7 Å². The van der Waals surface area contributed by atoms with Gasteiger partial charge in [0.15, 0.2) is 12.5 Å². The highest BCUT2D eigenvalue weighted by Crippen LogP contribution is 2.35. The number of allylic oxidation sites excluding steroid dienone is 1. The Morgan fingerprint density at radius 2 is 2.04 bits per heavy atom. The van der Waals surface area contributed by atoms with Crippen LogP contribution in [0.2, 0.25) is 0 Å². The van der Waals surface area contributed by atoms with Crippen LogP contribution < -0.4 is 5.32 Å². The maximum Gasteiger partial charge on any atom is 0.241 e. The molecule has 0 N–H and O–H groups in total. The molecule has 2 unspecified atom stereocenters. The van der Waals surface area contributed by atoms with Crippen molar-refractivity contribution in [2.75, 3.05) is 32.8 Å². The number of Topliss-reactive ketones (excluding diaryl/α,β-unsaturated/α-hetero) is 1. The van der Waals surface area contributed by atoms with Gasteiger partial charge in [0.1, 0.15) is 11.6 Å². The number of likely N-dealkylation sites (tertiary alicyclic amines) is 2. The fraction of sp³-hybridized carbons (Fsp3) is 0.750. The van der Waals surface area contributed by atoms with Gasteiger partial charge in [0.2, 0.25) is 11.4 Å². The Labute approximate surface area is 135 Å². The van der Waals surface area contributed by atoms with Gasteiger partial charge in [0.25, 0.3) is 0 Å². The third kappa shape index (κ3) is 2.74. The molecule has 23 heavy (non-hydrogen) atoms. The maximum atomic E-state index is 12.6. The number of ketones is 1. The molecule has 0 amide bonds. The molecule has 2 atom stereocenters. The Kier molecular flexibility index (Phi) is 4.92. The SMILES string of the molecule is O=C=C1CCCN1C1(C(=O)C=O)[N]CCOC1N1CCCCC1. The number of carbonyl (C=O) groups excluding carboxylic acids is 3. The summed E-state index contributed by atoms with van der Waals surface area (Å²) in [5, 5.41) is 4.55. The highest BCUT2D eigenvalue weighted by atomic mass is 16.5. The highest BCUT2D eigenvalue weighted by molar-refractivity contribution is 6.29. The second kappa shape index (κ2) is 6.93. The number of piperidine rings is 1. The molecular formula is C16H22N3O4. The van der Waals surface area contributed by atoms with Crippen molar-refractivity contribution < 1.29 is 19.1 Å². The van der Waals surface area contributed by atoms with Crippen LogP contribution in [0.3, 0.4) is 0 Å². The average Bonchev–Trinajstić information content (AvgIpc) is 3.10. The van der Waals surface area contributed by atoms with Crippen LogP contribution in [0.5, 0.6) is 0 Å². The maximum absolute atomic E-state index is 12.6. The van der Waals surface area contributed by atoms with E-state index in [-0.39, 0.29) is 0 Å². The van der Waals surface area contributed by atoms with E-state index in [4.69, 9.17) is 4.74 Å². The topological polar surface area (TPSA) is 81.0 Å². The van der Waals surface area contributed by atoms with Crippen molar-refractivity contribution in [3.8, 4) is 0 Å². The van der Waals surface area contributed by atoms with Crippen LogP contribution in [0, 0.1) is 0 Å². The van der Waals surface area contributed by atoms with E-state index in [9.17, 15) is 14.4 Å². The minimum Gasteiger partial charge on any atom is -0.357 e. The van der Waals surface area contributed by atoms with Crippen molar-refractivity contribution in [2.24, 2.45) is 0 Å². The molecule has 3 rings (SSSR count). The first kappa shape index (κ1) is 16.3. The predicted octanol–water partition coefficient (Wildman–Crippen LogP) is -0.291. The van der Waals surface area contributed by atoms with E-state index in [1.54, 1.807) is 4.90 Å². The number of aldehydes is 1. The summed E-state index contributed by atoms with van der Waals surface area (Å²) in [4.78, 5) is 39.1. The molecule has 0 aromatic rings. The standard InChI is InChI=1S/C16H22N3O4/c20-11-13-5-4-9-19(13)16(14(22)12-21)15(23-10-6-17-16)18-7-2-1-3-8-18/h12,15H,1-10H2. The number of hydrogen-bond acceptors (Lipinski definition) is 6. The van der Waals surface area contributed by atoms with Crippen LogP contribution in [0.15, 0.2) is 5.70 Å². The molecule has 3 heterocycles. The zero-order valence-corrected chi connectivity index (χ0v) is 13.2. The molecule has 0 saturated carbocycles. The van der Waals surface area contributed by atoms with Crippen molar-refractivity contribution in [2.45, 2.75) is 44.0 Å². The van der Waals surface area contributed by atoms with E-state index >= 15 is 0 Å². The summed E-state index contributed by atoms with van der Waals surface area (Å²) < 4.78 is 5.93. The molecule has 0 spiro atoms. The van der Waals surface area contributed by atoms with Gasteiger partial charge in [-0.2, -0.15) is 0 Å². The molecular weight excluding hydrogens is 298 g/mol. The summed E-state index contributed by atoms with van der Waals surface area (Å²) in [7, 11) is 0. The number of morpholine rings is 1. The van der Waals surface area contributed by atoms with Gasteiger partial charge in [0.05, 0.1) is 6.61 Å². The quantitative estimate of drug-likeness (QED) is 0.402. The fourth-order valence-corrected chi connectivity index (χ4v) is 3.88. The number of nitrogens with zero attached hydrogens (tertiary/aromatic N) is 3. The van der Waals surface area contributed by atoms with Gasteiger partial charge < -0.3 is 9.64 Å². The smallest absolute Gasteiger partial charge is 0.241 e. The lowest BCUT2D eigenvalue weighted by atomic mass is 9.96. The van der Waals surface area contributed by atoms with Crippen molar-refractivity contribution in [3.63, 3.8) is 0 Å². The molecule has 0 aromatic carbocycles. The molecule has 125 valence electrons. The van der Waals surface area contributed by atoms with Gasteiger partial charge in [0, 0.05) is 26.2 Å². The van der Waals surface area contributed by atoms with Gasteiger partial charge in [-0.15, -0.1) is 0 Å². The molecule has 0 bridgehead atoms. The first-order valence-electron chi connectivity index (χ1n) is 8.29. The molecule has 0 aromatic heterocycles. The lowest BCUT2D eigenvalue weighted by Crippen LogP contribution is -2.74. The van der Waals surface area contributed by atoms with Crippen LogP contribution in [-0.2, 0) is 19.1 Å². The molecule has 3 fully saturated rings. The third-order valence-corrected chi connectivity index (χ3v) is 4.91. The normalized spacial score (nSPS) is 32.6. The zero-order valence-electron chi connectivity index (χ0n) is 13.2. The summed E-state index contributed by atoms with van der Waals surface area (Å²) in [6.07, 6.45) is 4.22. The molecule has 0 aliphatic carbocycles. The number of rotatable bonds is 4. The van der Waals surface area contributed by atoms with Gasteiger partial charge in [-0.25, -0.2) is 10.1 Å². The predicted molar refractivity (Wildman–Crippen MR) is 81.1 cm³/mol. The Balaban J connectivity index is 2.01. The molecule has 3 aliphatic heterocycles. The Hall–Kier alpha value is -1.53. The Morgan fingerprint density at radius 1 is 1.26 bits per heavy atom. The van der Waals surface area contributed by atoms with Crippen molar-refractivity contribution in [1.82, 2.24) is 15.1 Å². The minimum absolute atomic E-state index is 0.315. The molecule has 3 saturated heterocycles. The number of hydrogen-bond donors (Lipinski definition) is 0. The number of carbonyl (C=O) groups is 2. The molecule has 1 radical (unpaired) electrons. The fourth-order valence-electron chi connectivity index (χ4n) is 3.88. The molecule has 7 heteroatoms. The largest absolute Gasteiger partial charge is 0.357 e. The van der Waals surface area contributed by atoms with Crippen molar-refractivity contribution >= 4 is 18.0 Å². The Bertz CT molecular complexity index is 525. The summed E-state index contributed by atoms with van der Waals surface area (Å²) >= 11 is 0. The van der Waals surface area contributed by atoms with E-state index in [0.29, 0.717) is 38.1 Å². The van der Waals surface area contributed by atoms with E-state index in [0.717, 1.165) is 38.8 Å². The average molecular weight is 320 g/mol. The second-order valence-electron chi connectivity index (χ2n) is 6.21. The van der Waals surface area contributed by atoms with Crippen molar-refractivity contribution in [3.05, 3.63) is 5.70 Å². The second-order valence-corrected chi connectivity index (χ2v) is 6.21. The van der Waals surface area contributed by atoms with Crippen LogP contribution in [-0.4, -0.2) is 72.5 Å². The summed E-state index contributed by atoms with van der Waals surface area (Å²) in [6, 6.07) is 0. The van der Waals surface area contributed by atoms with Crippen LogP contribution in [0.4, 0.5) is 0 Å². The zero-order chi connectivity index (χ0) is 16.3. The summed E-state index contributed by atoms with van der Waals surface area (Å²) in [5.74, 6) is 1.29. The summed E-state index contributed by atoms with van der Waals surface area (Å²) in [6.45, 7) is 2.89. The first-order chi connectivity index (χ1) is 11.2.